The van der Waals surface area contributed by atoms with Gasteiger partial charge in [0.25, 0.3) is 5.91 Å². The van der Waals surface area contributed by atoms with E-state index >= 15 is 0 Å². The lowest BCUT2D eigenvalue weighted by Gasteiger charge is -2.32. The van der Waals surface area contributed by atoms with E-state index in [2.05, 4.69) is 44.8 Å². The van der Waals surface area contributed by atoms with Gasteiger partial charge in [-0.25, -0.2) is 4.98 Å². The van der Waals surface area contributed by atoms with Crippen molar-refractivity contribution in [3.05, 3.63) is 82.9 Å². The molecule has 3 amide bonds. The first-order valence-electron chi connectivity index (χ1n) is 13.5. The normalized spacial score (nSPS) is 14.2. The summed E-state index contributed by atoms with van der Waals surface area (Å²) in [6.07, 6.45) is 2.01. The number of aromatic nitrogens is 1. The largest absolute Gasteiger partial charge is 0.353 e. The average Bonchev–Trinajstić information content (AvgIpc) is 3.36. The Balaban J connectivity index is 1.22. The van der Waals surface area contributed by atoms with Crippen LogP contribution in [0.4, 0.5) is 5.13 Å². The summed E-state index contributed by atoms with van der Waals surface area (Å²) in [5, 5.41) is 8.15. The lowest BCUT2D eigenvalue weighted by atomic mass is 10.0. The monoisotopic (exact) mass is 547 g/mol. The zero-order valence-corrected chi connectivity index (χ0v) is 23.5. The predicted octanol–water partition coefficient (Wildman–Crippen LogP) is 4.20. The molecule has 9 heteroatoms. The van der Waals surface area contributed by atoms with Gasteiger partial charge < -0.3 is 15.5 Å². The third-order valence-corrected chi connectivity index (χ3v) is 7.38. The van der Waals surface area contributed by atoms with E-state index in [1.54, 1.807) is 22.4 Å². The highest BCUT2D eigenvalue weighted by Crippen LogP contribution is 2.18. The van der Waals surface area contributed by atoms with Crippen LogP contribution in [0.25, 0.3) is 0 Å². The molecule has 0 radical (unpaired) electrons. The molecule has 2 N–H and O–H groups in total. The Labute approximate surface area is 234 Å². The number of likely N-dealkylation sites (tertiary alicyclic amines) is 1. The lowest BCUT2D eigenvalue weighted by molar-refractivity contribution is -0.121. The van der Waals surface area contributed by atoms with Gasteiger partial charge in [0.2, 0.25) is 11.8 Å². The lowest BCUT2D eigenvalue weighted by Crippen LogP contribution is -2.44. The molecule has 1 aromatic heterocycles. The number of anilines is 1. The zero-order chi connectivity index (χ0) is 27.6. The standard InChI is InChI=1S/C30H37N5O3S/c1-22(2)18-35(29(38)24-11-7-4-8-12-24)20-28(37)33-30-32-26(21-39-30)17-27(36)31-25-13-15-34(16-14-25)19-23-9-5-3-6-10-23/h3-12,21-22,25H,13-20H2,1-2H3,(H,31,36)(H,32,33,37). The van der Waals surface area contributed by atoms with Crippen molar-refractivity contribution in [2.24, 2.45) is 5.92 Å². The van der Waals surface area contributed by atoms with Gasteiger partial charge in [-0.1, -0.05) is 62.4 Å². The highest BCUT2D eigenvalue weighted by molar-refractivity contribution is 7.13. The average molecular weight is 548 g/mol. The van der Waals surface area contributed by atoms with E-state index in [9.17, 15) is 14.4 Å². The van der Waals surface area contributed by atoms with Crippen LogP contribution in [-0.2, 0) is 22.6 Å². The van der Waals surface area contributed by atoms with Crippen LogP contribution in [0.3, 0.4) is 0 Å². The highest BCUT2D eigenvalue weighted by Gasteiger charge is 2.22. The van der Waals surface area contributed by atoms with E-state index < -0.39 is 0 Å². The molecule has 0 aliphatic carbocycles. The maximum absolute atomic E-state index is 12.9. The Bertz CT molecular complexity index is 1220. The number of rotatable bonds is 11. The Morgan fingerprint density at radius 2 is 1.67 bits per heavy atom. The van der Waals surface area contributed by atoms with Crippen LogP contribution in [0.2, 0.25) is 0 Å². The first-order valence-corrected chi connectivity index (χ1v) is 14.4. The molecule has 0 saturated carbocycles. The fraction of sp³-hybridized carbons (Fsp3) is 0.400. The van der Waals surface area contributed by atoms with Gasteiger partial charge in [-0.15, -0.1) is 11.3 Å². The molecule has 8 nitrogen and oxygen atoms in total. The minimum Gasteiger partial charge on any atom is -0.353 e. The fourth-order valence-corrected chi connectivity index (χ4v) is 5.45. The van der Waals surface area contributed by atoms with Crippen LogP contribution in [0.15, 0.2) is 66.0 Å². The smallest absolute Gasteiger partial charge is 0.254 e. The van der Waals surface area contributed by atoms with E-state index in [4.69, 9.17) is 0 Å². The summed E-state index contributed by atoms with van der Waals surface area (Å²) in [4.78, 5) is 46.8. The number of amides is 3. The molecule has 2 heterocycles. The maximum atomic E-state index is 12.9. The van der Waals surface area contributed by atoms with Crippen LogP contribution in [-0.4, -0.2) is 64.7 Å². The first kappa shape index (κ1) is 28.4. The molecule has 1 fully saturated rings. The molecular weight excluding hydrogens is 510 g/mol. The molecule has 1 aliphatic heterocycles. The Morgan fingerprint density at radius 1 is 1.00 bits per heavy atom. The van der Waals surface area contributed by atoms with Crippen molar-refractivity contribution >= 4 is 34.2 Å². The van der Waals surface area contributed by atoms with E-state index in [1.807, 2.05) is 38.1 Å². The summed E-state index contributed by atoms with van der Waals surface area (Å²) < 4.78 is 0. The van der Waals surface area contributed by atoms with Crippen LogP contribution in [0.5, 0.6) is 0 Å². The first-order chi connectivity index (χ1) is 18.9. The molecule has 0 unspecified atom stereocenters. The minimum atomic E-state index is -0.312. The summed E-state index contributed by atoms with van der Waals surface area (Å²) >= 11 is 1.28. The van der Waals surface area contributed by atoms with Crippen molar-refractivity contribution < 1.29 is 14.4 Å². The van der Waals surface area contributed by atoms with Crippen LogP contribution in [0.1, 0.15) is 48.3 Å². The molecule has 2 aromatic carbocycles. The van der Waals surface area contributed by atoms with E-state index in [1.165, 1.54) is 16.9 Å². The number of nitrogens with one attached hydrogen (secondary N) is 2. The summed E-state index contributed by atoms with van der Waals surface area (Å²) in [5.74, 6) is -0.336. The summed E-state index contributed by atoms with van der Waals surface area (Å²) in [5.41, 5.74) is 2.48. The number of nitrogens with zero attached hydrogens (tertiary/aromatic N) is 3. The maximum Gasteiger partial charge on any atom is 0.254 e. The fourth-order valence-electron chi connectivity index (χ4n) is 4.72. The van der Waals surface area contributed by atoms with Gasteiger partial charge in [0.15, 0.2) is 5.13 Å². The van der Waals surface area contributed by atoms with Crippen molar-refractivity contribution in [1.82, 2.24) is 20.1 Å². The summed E-state index contributed by atoms with van der Waals surface area (Å²) in [7, 11) is 0. The van der Waals surface area contributed by atoms with Gasteiger partial charge in [0.05, 0.1) is 12.1 Å². The zero-order valence-electron chi connectivity index (χ0n) is 22.6. The quantitative estimate of drug-likeness (QED) is 0.375. The van der Waals surface area contributed by atoms with Gasteiger partial charge in [0, 0.05) is 43.2 Å². The topological polar surface area (TPSA) is 94.6 Å². The van der Waals surface area contributed by atoms with Gasteiger partial charge in [-0.05, 0) is 36.5 Å². The predicted molar refractivity (Wildman–Crippen MR) is 155 cm³/mol. The molecular formula is C30H37N5O3S. The molecule has 0 atom stereocenters. The molecule has 4 rings (SSSR count). The highest BCUT2D eigenvalue weighted by atomic mass is 32.1. The van der Waals surface area contributed by atoms with Crippen molar-refractivity contribution in [3.8, 4) is 0 Å². The van der Waals surface area contributed by atoms with Gasteiger partial charge in [-0.3, -0.25) is 19.3 Å². The number of thiazole rings is 1. The summed E-state index contributed by atoms with van der Waals surface area (Å²) in [6.45, 7) is 7.26. The van der Waals surface area contributed by atoms with Crippen molar-refractivity contribution in [3.63, 3.8) is 0 Å². The second-order valence-corrected chi connectivity index (χ2v) is 11.3. The number of piperidine rings is 1. The second-order valence-electron chi connectivity index (χ2n) is 10.4. The third-order valence-electron chi connectivity index (χ3n) is 6.57. The van der Waals surface area contributed by atoms with Crippen LogP contribution >= 0.6 is 11.3 Å². The summed E-state index contributed by atoms with van der Waals surface area (Å²) in [6, 6.07) is 19.6. The minimum absolute atomic E-state index is 0.0590. The van der Waals surface area contributed by atoms with Crippen molar-refractivity contribution in [1.29, 1.82) is 0 Å². The number of carbonyl (C=O) groups excluding carboxylic acids is 3. The van der Waals surface area contributed by atoms with Crippen LogP contribution < -0.4 is 10.6 Å². The van der Waals surface area contributed by atoms with E-state index in [-0.39, 0.29) is 42.6 Å². The van der Waals surface area contributed by atoms with Gasteiger partial charge >= 0.3 is 0 Å². The van der Waals surface area contributed by atoms with E-state index in [0.29, 0.717) is 22.9 Å². The van der Waals surface area contributed by atoms with Gasteiger partial charge in [-0.2, -0.15) is 0 Å². The molecule has 1 saturated heterocycles. The van der Waals surface area contributed by atoms with Crippen molar-refractivity contribution in [2.45, 2.75) is 45.7 Å². The molecule has 0 spiro atoms. The Kier molecular flexibility index (Phi) is 10.2. The number of hydrogen-bond acceptors (Lipinski definition) is 6. The van der Waals surface area contributed by atoms with Crippen LogP contribution in [0, 0.1) is 5.92 Å². The van der Waals surface area contributed by atoms with Gasteiger partial charge in [0.1, 0.15) is 6.54 Å². The van der Waals surface area contributed by atoms with Crippen molar-refractivity contribution in [2.75, 3.05) is 31.5 Å². The number of benzene rings is 2. The Morgan fingerprint density at radius 3 is 2.33 bits per heavy atom. The molecule has 1 aliphatic rings. The second kappa shape index (κ2) is 14.0. The molecule has 206 valence electrons. The number of carbonyl (C=O) groups is 3. The molecule has 0 bridgehead atoms. The molecule has 39 heavy (non-hydrogen) atoms. The number of hydrogen-bond donors (Lipinski definition) is 2. The Hall–Kier alpha value is -3.56. The molecule has 3 aromatic rings. The van der Waals surface area contributed by atoms with E-state index in [0.717, 1.165) is 32.5 Å². The SMILES string of the molecule is CC(C)CN(CC(=O)Nc1nc(CC(=O)NC2CCN(Cc3ccccc3)CC2)cs1)C(=O)c1ccccc1. The third kappa shape index (κ3) is 9.01.